The zero-order valence-electron chi connectivity index (χ0n) is 10.7. The van der Waals surface area contributed by atoms with E-state index in [2.05, 4.69) is 5.32 Å². The number of nitriles is 1. The Morgan fingerprint density at radius 2 is 1.95 bits per heavy atom. The molecule has 3 N–H and O–H groups in total. The van der Waals surface area contributed by atoms with E-state index in [1.165, 1.54) is 24.3 Å². The highest BCUT2D eigenvalue weighted by molar-refractivity contribution is 7.89. The number of carbonyl (C=O) groups excluding carboxylic acids is 1. The Labute approximate surface area is 112 Å². The number of sulfonamides is 1. The average molecular weight is 281 g/mol. The molecule has 1 rings (SSSR count). The van der Waals surface area contributed by atoms with Crippen molar-refractivity contribution in [2.75, 3.05) is 5.32 Å². The molecule has 0 aliphatic heterocycles. The highest BCUT2D eigenvalue weighted by Gasteiger charge is 2.31. The molecular formula is C12H15N3O3S. The number of hydrogen-bond acceptors (Lipinski definition) is 4. The molecule has 1 aromatic rings. The van der Waals surface area contributed by atoms with Gasteiger partial charge in [-0.05, 0) is 37.6 Å². The van der Waals surface area contributed by atoms with Gasteiger partial charge in [-0.3, -0.25) is 4.79 Å². The Morgan fingerprint density at radius 1 is 1.42 bits per heavy atom. The molecule has 1 atom stereocenters. The molecule has 0 aliphatic carbocycles. The fraction of sp³-hybridized carbons (Fsp3) is 0.333. The van der Waals surface area contributed by atoms with Crippen molar-refractivity contribution in [2.24, 2.45) is 10.6 Å². The zero-order chi connectivity index (χ0) is 14.7. The SMILES string of the molecule is CCC(C)(C#N)C(=O)Nc1ccc(S(N)(=O)=O)cc1. The number of carbonyl (C=O) groups is 1. The second-order valence-electron chi connectivity index (χ2n) is 4.32. The molecule has 0 saturated carbocycles. The van der Waals surface area contributed by atoms with E-state index in [1.54, 1.807) is 13.8 Å². The lowest BCUT2D eigenvalue weighted by atomic mass is 9.88. The van der Waals surface area contributed by atoms with Crippen LogP contribution < -0.4 is 10.5 Å². The van der Waals surface area contributed by atoms with Crippen LogP contribution in [-0.4, -0.2) is 14.3 Å². The van der Waals surface area contributed by atoms with Gasteiger partial charge in [0.05, 0.1) is 11.0 Å². The van der Waals surface area contributed by atoms with E-state index in [-0.39, 0.29) is 4.90 Å². The number of benzene rings is 1. The second-order valence-corrected chi connectivity index (χ2v) is 5.88. The minimum absolute atomic E-state index is 0.0379. The van der Waals surface area contributed by atoms with Gasteiger partial charge in [-0.25, -0.2) is 13.6 Å². The quantitative estimate of drug-likeness (QED) is 0.863. The van der Waals surface area contributed by atoms with Gasteiger partial charge in [0, 0.05) is 5.69 Å². The van der Waals surface area contributed by atoms with Gasteiger partial charge in [-0.15, -0.1) is 0 Å². The maximum atomic E-state index is 11.9. The summed E-state index contributed by atoms with van der Waals surface area (Å²) in [6.07, 6.45) is 0.380. The summed E-state index contributed by atoms with van der Waals surface area (Å²) in [6, 6.07) is 7.38. The number of rotatable bonds is 4. The van der Waals surface area contributed by atoms with Crippen molar-refractivity contribution in [2.45, 2.75) is 25.2 Å². The highest BCUT2D eigenvalue weighted by Crippen LogP contribution is 2.22. The maximum absolute atomic E-state index is 11.9. The highest BCUT2D eigenvalue weighted by atomic mass is 32.2. The number of primary sulfonamides is 1. The summed E-state index contributed by atoms with van der Waals surface area (Å²) >= 11 is 0. The summed E-state index contributed by atoms with van der Waals surface area (Å²) in [5.74, 6) is -0.430. The summed E-state index contributed by atoms with van der Waals surface area (Å²) in [6.45, 7) is 3.29. The second kappa shape index (κ2) is 5.38. The number of nitrogens with two attached hydrogens (primary N) is 1. The first kappa shape index (κ1) is 15.1. The van der Waals surface area contributed by atoms with E-state index in [4.69, 9.17) is 10.4 Å². The third kappa shape index (κ3) is 3.53. The molecule has 0 fully saturated rings. The molecule has 0 radical (unpaired) electrons. The van der Waals surface area contributed by atoms with Gasteiger partial charge in [0.1, 0.15) is 5.41 Å². The number of amides is 1. The first-order chi connectivity index (χ1) is 8.73. The van der Waals surface area contributed by atoms with Crippen LogP contribution in [0.15, 0.2) is 29.2 Å². The molecular weight excluding hydrogens is 266 g/mol. The van der Waals surface area contributed by atoms with Crippen molar-refractivity contribution >= 4 is 21.6 Å². The molecule has 0 saturated heterocycles. The summed E-state index contributed by atoms with van der Waals surface area (Å²) in [4.78, 5) is 11.9. The van der Waals surface area contributed by atoms with E-state index in [9.17, 15) is 13.2 Å². The third-order valence-corrected chi connectivity index (χ3v) is 3.82. The molecule has 0 bridgehead atoms. The third-order valence-electron chi connectivity index (χ3n) is 2.90. The van der Waals surface area contributed by atoms with Crippen LogP contribution in [0.2, 0.25) is 0 Å². The molecule has 102 valence electrons. The van der Waals surface area contributed by atoms with Crippen LogP contribution in [0.25, 0.3) is 0 Å². The van der Waals surface area contributed by atoms with Crippen LogP contribution in [-0.2, 0) is 14.8 Å². The van der Waals surface area contributed by atoms with E-state index in [1.807, 2.05) is 6.07 Å². The number of nitrogens with one attached hydrogen (secondary N) is 1. The van der Waals surface area contributed by atoms with Crippen molar-refractivity contribution in [1.29, 1.82) is 5.26 Å². The molecule has 19 heavy (non-hydrogen) atoms. The number of hydrogen-bond donors (Lipinski definition) is 2. The molecule has 1 aromatic carbocycles. The topological polar surface area (TPSA) is 113 Å². The monoisotopic (exact) mass is 281 g/mol. The van der Waals surface area contributed by atoms with Gasteiger partial charge in [0.15, 0.2) is 0 Å². The predicted octanol–water partition coefficient (Wildman–Crippen LogP) is 1.21. The Hall–Kier alpha value is -1.91. The normalized spacial score (nSPS) is 14.2. The van der Waals surface area contributed by atoms with Crippen molar-refractivity contribution in [3.05, 3.63) is 24.3 Å². The Kier molecular flexibility index (Phi) is 4.29. The van der Waals surface area contributed by atoms with Crippen LogP contribution in [0, 0.1) is 16.7 Å². The molecule has 1 unspecified atom stereocenters. The van der Waals surface area contributed by atoms with Crippen molar-refractivity contribution < 1.29 is 13.2 Å². The van der Waals surface area contributed by atoms with E-state index in [0.717, 1.165) is 0 Å². The van der Waals surface area contributed by atoms with E-state index < -0.39 is 21.3 Å². The summed E-state index contributed by atoms with van der Waals surface area (Å²) in [5.41, 5.74) is -0.703. The fourth-order valence-corrected chi connectivity index (χ4v) is 1.80. The fourth-order valence-electron chi connectivity index (χ4n) is 1.29. The van der Waals surface area contributed by atoms with Gasteiger partial charge < -0.3 is 5.32 Å². The summed E-state index contributed by atoms with van der Waals surface area (Å²) in [7, 11) is -3.75. The lowest BCUT2D eigenvalue weighted by Crippen LogP contribution is -2.31. The first-order valence-electron chi connectivity index (χ1n) is 5.58. The minimum atomic E-state index is -3.75. The van der Waals surface area contributed by atoms with Crippen LogP contribution in [0.5, 0.6) is 0 Å². The van der Waals surface area contributed by atoms with Crippen molar-refractivity contribution in [1.82, 2.24) is 0 Å². The van der Waals surface area contributed by atoms with Crippen LogP contribution in [0.4, 0.5) is 5.69 Å². The minimum Gasteiger partial charge on any atom is -0.325 e. The van der Waals surface area contributed by atoms with Crippen molar-refractivity contribution in [3.8, 4) is 6.07 Å². The maximum Gasteiger partial charge on any atom is 0.244 e. The number of anilines is 1. The lowest BCUT2D eigenvalue weighted by molar-refractivity contribution is -0.122. The van der Waals surface area contributed by atoms with Crippen molar-refractivity contribution in [3.63, 3.8) is 0 Å². The van der Waals surface area contributed by atoms with E-state index >= 15 is 0 Å². The standard InChI is InChI=1S/C12H15N3O3S/c1-3-12(2,8-13)11(16)15-9-4-6-10(7-5-9)19(14,17)18/h4-7H,3H2,1-2H3,(H,15,16)(H2,14,17,18). The molecule has 7 heteroatoms. The van der Waals surface area contributed by atoms with Crippen LogP contribution >= 0.6 is 0 Å². The lowest BCUT2D eigenvalue weighted by Gasteiger charge is -2.18. The van der Waals surface area contributed by atoms with Gasteiger partial charge in [0.25, 0.3) is 0 Å². The Morgan fingerprint density at radius 3 is 2.32 bits per heavy atom. The van der Waals surface area contributed by atoms with Gasteiger partial charge >= 0.3 is 0 Å². The van der Waals surface area contributed by atoms with Gasteiger partial charge in [0.2, 0.25) is 15.9 Å². The molecule has 0 aliphatic rings. The zero-order valence-corrected chi connectivity index (χ0v) is 11.5. The molecule has 1 amide bonds. The van der Waals surface area contributed by atoms with Crippen LogP contribution in [0.3, 0.4) is 0 Å². The Balaban J connectivity index is 2.91. The molecule has 6 nitrogen and oxygen atoms in total. The Bertz CT molecular complexity index is 617. The predicted molar refractivity (Wildman–Crippen MR) is 70.5 cm³/mol. The molecule has 0 heterocycles. The number of nitrogens with zero attached hydrogens (tertiary/aromatic N) is 1. The largest absolute Gasteiger partial charge is 0.325 e. The smallest absolute Gasteiger partial charge is 0.244 e. The summed E-state index contributed by atoms with van der Waals surface area (Å²) in [5, 5.41) is 16.5. The molecule has 0 spiro atoms. The molecule has 0 aromatic heterocycles. The van der Waals surface area contributed by atoms with Gasteiger partial charge in [-0.1, -0.05) is 6.92 Å². The average Bonchev–Trinajstić information content (AvgIpc) is 2.37. The first-order valence-corrected chi connectivity index (χ1v) is 7.13. The van der Waals surface area contributed by atoms with Gasteiger partial charge in [-0.2, -0.15) is 5.26 Å². The van der Waals surface area contributed by atoms with E-state index in [0.29, 0.717) is 12.1 Å². The van der Waals surface area contributed by atoms with Crippen LogP contribution in [0.1, 0.15) is 20.3 Å². The summed E-state index contributed by atoms with van der Waals surface area (Å²) < 4.78 is 22.1.